The number of aromatic nitrogens is 1. The Morgan fingerprint density at radius 3 is 2.37 bits per heavy atom. The highest BCUT2D eigenvalue weighted by Crippen LogP contribution is 2.34. The van der Waals surface area contributed by atoms with Gasteiger partial charge in [-0.3, -0.25) is 19.5 Å². The Morgan fingerprint density at radius 2 is 1.74 bits per heavy atom. The Bertz CT molecular complexity index is 1580. The molecule has 3 aromatic rings. The van der Waals surface area contributed by atoms with Crippen molar-refractivity contribution in [1.29, 1.82) is 0 Å². The summed E-state index contributed by atoms with van der Waals surface area (Å²) in [4.78, 5) is 35.7. The molecule has 0 aliphatic carbocycles. The van der Waals surface area contributed by atoms with Crippen molar-refractivity contribution in [3.8, 4) is 0 Å². The number of likely N-dealkylation sites (tertiary alicyclic amines) is 1. The number of hydrogen-bond donors (Lipinski definition) is 1. The molecule has 7 nitrogen and oxygen atoms in total. The van der Waals surface area contributed by atoms with Crippen LogP contribution in [0.4, 0.5) is 18.9 Å². The maximum Gasteiger partial charge on any atom is 0.266 e. The first-order valence-electron chi connectivity index (χ1n) is 15.2. The number of rotatable bonds is 8. The number of nitrogens with zero attached hydrogens (tertiary/aromatic N) is 4. The molecule has 5 rings (SSSR count). The highest BCUT2D eigenvalue weighted by Gasteiger charge is 2.30. The number of halogens is 5. The van der Waals surface area contributed by atoms with Crippen molar-refractivity contribution >= 4 is 58.8 Å². The van der Waals surface area contributed by atoms with E-state index in [0.717, 1.165) is 71.8 Å². The average molecular weight is 681 g/mol. The van der Waals surface area contributed by atoms with Gasteiger partial charge in [-0.1, -0.05) is 30.3 Å². The minimum atomic E-state index is -2.89. The fraction of sp³-hybridized carbons (Fsp3) is 0.441. The second-order valence-corrected chi connectivity index (χ2v) is 12.1. The molecule has 1 atom stereocenters. The standard InChI is InChI=1S/C34H40F3N5O2.2ClH/c1-21-18-30(39-22(2)26-6-5-7-27(32(26)35)33(36)37)28-19-25(8-9-29(28)38-21)23-12-16-42(17-13-23)34(44)24-10-14-41(15-11-24)20-31(43)40(3)4;;/h5-9,12,18-19,22,24,33H,10-11,13-17,20H2,1-4H3,(H,38,39);2*1H/t22-;;/m1../s1. The molecule has 46 heavy (non-hydrogen) atoms. The van der Waals surface area contributed by atoms with Crippen LogP contribution in [0.1, 0.15) is 61.0 Å². The SMILES string of the molecule is Cc1cc(N[C@H](C)c2cccc(C(F)F)c2F)c2cc(C3=CCN(C(=O)C4CCN(CC(=O)N(C)C)CC4)CC3)ccc2n1.Cl.Cl. The Morgan fingerprint density at radius 1 is 1.04 bits per heavy atom. The van der Waals surface area contributed by atoms with E-state index in [0.29, 0.717) is 19.6 Å². The number of amides is 2. The molecule has 250 valence electrons. The number of pyridine rings is 1. The van der Waals surface area contributed by atoms with Crippen molar-refractivity contribution in [3.05, 3.63) is 76.7 Å². The number of carbonyl (C=O) groups is 2. The van der Waals surface area contributed by atoms with Gasteiger partial charge in [0.2, 0.25) is 11.8 Å². The first kappa shape index (κ1) is 37.1. The third-order valence-corrected chi connectivity index (χ3v) is 8.75. The topological polar surface area (TPSA) is 68.8 Å². The zero-order valence-electron chi connectivity index (χ0n) is 26.6. The van der Waals surface area contributed by atoms with Crippen LogP contribution in [0.5, 0.6) is 0 Å². The molecule has 3 heterocycles. The van der Waals surface area contributed by atoms with Crippen LogP contribution in [0.15, 0.2) is 48.5 Å². The maximum atomic E-state index is 14.9. The quantitative estimate of drug-likeness (QED) is 0.276. The Balaban J connectivity index is 0.00000288. The average Bonchev–Trinajstić information content (AvgIpc) is 3.00. The van der Waals surface area contributed by atoms with Crippen molar-refractivity contribution in [2.24, 2.45) is 5.92 Å². The largest absolute Gasteiger partial charge is 0.378 e. The lowest BCUT2D eigenvalue weighted by atomic mass is 9.93. The van der Waals surface area contributed by atoms with Gasteiger partial charge in [-0.25, -0.2) is 13.2 Å². The van der Waals surface area contributed by atoms with E-state index >= 15 is 0 Å². The van der Waals surface area contributed by atoms with Gasteiger partial charge < -0.3 is 15.1 Å². The normalized spacial score (nSPS) is 16.3. The second-order valence-electron chi connectivity index (χ2n) is 12.1. The fourth-order valence-electron chi connectivity index (χ4n) is 6.12. The minimum absolute atomic E-state index is 0. The van der Waals surface area contributed by atoms with Crippen LogP contribution in [0.2, 0.25) is 0 Å². The maximum absolute atomic E-state index is 14.9. The molecular formula is C34H42Cl2F3N5O2. The van der Waals surface area contributed by atoms with Crippen LogP contribution < -0.4 is 5.32 Å². The number of piperidine rings is 1. The summed E-state index contributed by atoms with van der Waals surface area (Å²) in [5.74, 6) is -0.656. The van der Waals surface area contributed by atoms with Gasteiger partial charge in [0.05, 0.1) is 23.7 Å². The van der Waals surface area contributed by atoms with Crippen molar-refractivity contribution in [1.82, 2.24) is 19.7 Å². The molecule has 0 saturated carbocycles. The van der Waals surface area contributed by atoms with E-state index in [1.165, 1.54) is 12.1 Å². The van der Waals surface area contributed by atoms with Crippen LogP contribution in [0, 0.1) is 18.7 Å². The van der Waals surface area contributed by atoms with E-state index in [2.05, 4.69) is 27.3 Å². The molecular weight excluding hydrogens is 638 g/mol. The van der Waals surface area contributed by atoms with E-state index in [4.69, 9.17) is 0 Å². The van der Waals surface area contributed by atoms with E-state index in [1.807, 2.05) is 30.0 Å². The lowest BCUT2D eigenvalue weighted by Crippen LogP contribution is -2.46. The number of likely N-dealkylation sites (N-methyl/N-ethyl adjacent to an activating group) is 1. The van der Waals surface area contributed by atoms with E-state index in [9.17, 15) is 22.8 Å². The molecule has 2 amide bonds. The number of fused-ring (bicyclic) bond motifs is 1. The van der Waals surface area contributed by atoms with Crippen molar-refractivity contribution in [2.75, 3.05) is 52.1 Å². The van der Waals surface area contributed by atoms with Crippen LogP contribution in [-0.4, -0.2) is 78.3 Å². The number of carbonyl (C=O) groups excluding carboxylic acids is 2. The van der Waals surface area contributed by atoms with Gasteiger partial charge in [0.15, 0.2) is 0 Å². The monoisotopic (exact) mass is 679 g/mol. The lowest BCUT2D eigenvalue weighted by Gasteiger charge is -2.35. The molecule has 0 unspecified atom stereocenters. The summed E-state index contributed by atoms with van der Waals surface area (Å²) in [5, 5.41) is 4.19. The molecule has 2 aliphatic rings. The van der Waals surface area contributed by atoms with Gasteiger partial charge in [0.25, 0.3) is 6.43 Å². The van der Waals surface area contributed by atoms with Gasteiger partial charge in [-0.2, -0.15) is 0 Å². The summed E-state index contributed by atoms with van der Waals surface area (Å²) < 4.78 is 41.5. The Labute approximate surface area is 281 Å². The zero-order valence-corrected chi connectivity index (χ0v) is 28.2. The summed E-state index contributed by atoms with van der Waals surface area (Å²) in [6.45, 7) is 6.69. The summed E-state index contributed by atoms with van der Waals surface area (Å²) in [5.41, 5.74) is 4.04. The van der Waals surface area contributed by atoms with Crippen LogP contribution >= 0.6 is 24.8 Å². The Hall–Kier alpha value is -3.34. The molecule has 1 N–H and O–H groups in total. The predicted octanol–water partition coefficient (Wildman–Crippen LogP) is 7.05. The fourth-order valence-corrected chi connectivity index (χ4v) is 6.12. The summed E-state index contributed by atoms with van der Waals surface area (Å²) in [6, 6.07) is 11.5. The smallest absolute Gasteiger partial charge is 0.266 e. The van der Waals surface area contributed by atoms with Gasteiger partial charge >= 0.3 is 0 Å². The van der Waals surface area contributed by atoms with E-state index < -0.39 is 23.8 Å². The summed E-state index contributed by atoms with van der Waals surface area (Å²) >= 11 is 0. The van der Waals surface area contributed by atoms with Crippen molar-refractivity contribution < 1.29 is 22.8 Å². The molecule has 0 radical (unpaired) electrons. The molecule has 0 spiro atoms. The molecule has 12 heteroatoms. The first-order valence-corrected chi connectivity index (χ1v) is 15.2. The molecule has 1 saturated heterocycles. The third kappa shape index (κ3) is 8.32. The number of hydrogen-bond acceptors (Lipinski definition) is 5. The summed E-state index contributed by atoms with van der Waals surface area (Å²) in [6.07, 6.45) is 1.46. The zero-order chi connectivity index (χ0) is 31.5. The van der Waals surface area contributed by atoms with Gasteiger partial charge in [-0.05, 0) is 75.5 Å². The summed E-state index contributed by atoms with van der Waals surface area (Å²) in [7, 11) is 3.51. The highest BCUT2D eigenvalue weighted by molar-refractivity contribution is 5.94. The van der Waals surface area contributed by atoms with Gasteiger partial charge in [0.1, 0.15) is 5.82 Å². The predicted molar refractivity (Wildman–Crippen MR) is 181 cm³/mol. The van der Waals surface area contributed by atoms with E-state index in [-0.39, 0.29) is 48.1 Å². The lowest BCUT2D eigenvalue weighted by molar-refractivity contribution is -0.137. The van der Waals surface area contributed by atoms with Gasteiger partial charge in [-0.15, -0.1) is 24.8 Å². The van der Waals surface area contributed by atoms with Crippen molar-refractivity contribution in [2.45, 2.75) is 45.6 Å². The van der Waals surface area contributed by atoms with Crippen molar-refractivity contribution in [3.63, 3.8) is 0 Å². The van der Waals surface area contributed by atoms with E-state index in [1.54, 1.807) is 25.9 Å². The Kier molecular flexibility index (Phi) is 12.9. The molecule has 1 fully saturated rings. The van der Waals surface area contributed by atoms with Crippen LogP contribution in [-0.2, 0) is 9.59 Å². The number of anilines is 1. The molecule has 0 bridgehead atoms. The number of benzene rings is 2. The highest BCUT2D eigenvalue weighted by atomic mass is 35.5. The third-order valence-electron chi connectivity index (χ3n) is 8.75. The van der Waals surface area contributed by atoms with Gasteiger partial charge in [0, 0.05) is 55.4 Å². The minimum Gasteiger partial charge on any atom is -0.378 e. The van der Waals surface area contributed by atoms with Crippen LogP contribution in [0.25, 0.3) is 16.5 Å². The molecule has 1 aromatic heterocycles. The number of aryl methyl sites for hydroxylation is 1. The molecule has 2 aliphatic heterocycles. The number of alkyl halides is 2. The number of nitrogens with one attached hydrogen (secondary N) is 1. The van der Waals surface area contributed by atoms with Crippen LogP contribution in [0.3, 0.4) is 0 Å². The second kappa shape index (κ2) is 16.0. The first-order chi connectivity index (χ1) is 21.0. The molecule has 2 aromatic carbocycles.